The van der Waals surface area contributed by atoms with Crippen LogP contribution in [0.2, 0.25) is 5.02 Å². The minimum atomic E-state index is -3.88. The number of hydrogen-bond acceptors (Lipinski definition) is 6. The van der Waals surface area contributed by atoms with E-state index in [0.29, 0.717) is 36.8 Å². The molecule has 0 bridgehead atoms. The molecule has 0 atom stereocenters. The average molecular weight is 521 g/mol. The van der Waals surface area contributed by atoms with Gasteiger partial charge in [-0.3, -0.25) is 15.0 Å². The number of benzene rings is 2. The SMILES string of the molecule is COC(=O)C1(CN2CCN(S(=O)(=O)c3ccc4cc(Cl)ccc4c3)CC2=O)CCN(C(C)=N)CC1. The molecule has 188 valence electrons. The van der Waals surface area contributed by atoms with Gasteiger partial charge in [-0.05, 0) is 54.8 Å². The number of halogens is 1. The number of nitrogens with one attached hydrogen (secondary N) is 1. The summed E-state index contributed by atoms with van der Waals surface area (Å²) in [5.41, 5.74) is -0.864. The average Bonchev–Trinajstić information content (AvgIpc) is 2.84. The number of piperazine rings is 1. The fourth-order valence-corrected chi connectivity index (χ4v) is 6.44. The fourth-order valence-electron chi connectivity index (χ4n) is 4.84. The van der Waals surface area contributed by atoms with Crippen molar-refractivity contribution in [1.29, 1.82) is 5.41 Å². The number of piperidine rings is 1. The molecule has 2 saturated heterocycles. The highest BCUT2D eigenvalue weighted by Crippen LogP contribution is 2.35. The van der Waals surface area contributed by atoms with Crippen molar-refractivity contribution in [3.8, 4) is 0 Å². The molecular formula is C24H29ClN4O5S. The van der Waals surface area contributed by atoms with E-state index in [2.05, 4.69) is 0 Å². The van der Waals surface area contributed by atoms with Crippen molar-refractivity contribution in [2.75, 3.05) is 46.4 Å². The molecule has 0 radical (unpaired) electrons. The lowest BCUT2D eigenvalue weighted by Crippen LogP contribution is -2.58. The van der Waals surface area contributed by atoms with Crippen LogP contribution in [0.3, 0.4) is 0 Å². The second kappa shape index (κ2) is 9.75. The van der Waals surface area contributed by atoms with E-state index in [0.717, 1.165) is 10.8 Å². The number of rotatable bonds is 5. The van der Waals surface area contributed by atoms with Crippen LogP contribution in [0.1, 0.15) is 19.8 Å². The summed E-state index contributed by atoms with van der Waals surface area (Å²) >= 11 is 6.02. The third kappa shape index (κ3) is 5.00. The Kier molecular flexibility index (Phi) is 7.08. The number of esters is 1. The fraction of sp³-hybridized carbons (Fsp3) is 0.458. The van der Waals surface area contributed by atoms with Crippen molar-refractivity contribution >= 4 is 50.1 Å². The molecule has 2 aliphatic heterocycles. The molecule has 0 aromatic heterocycles. The minimum Gasteiger partial charge on any atom is -0.469 e. The Hall–Kier alpha value is -2.69. The van der Waals surface area contributed by atoms with Crippen LogP contribution in [-0.4, -0.2) is 86.6 Å². The molecule has 2 aromatic rings. The normalized spacial score (nSPS) is 19.1. The highest BCUT2D eigenvalue weighted by atomic mass is 35.5. The van der Waals surface area contributed by atoms with Crippen LogP contribution < -0.4 is 0 Å². The lowest BCUT2D eigenvalue weighted by molar-refractivity contribution is -0.158. The summed E-state index contributed by atoms with van der Waals surface area (Å²) in [5.74, 6) is -0.282. The molecule has 35 heavy (non-hydrogen) atoms. The largest absolute Gasteiger partial charge is 0.469 e. The lowest BCUT2D eigenvalue weighted by Gasteiger charge is -2.44. The van der Waals surface area contributed by atoms with Gasteiger partial charge in [0.05, 0.1) is 29.8 Å². The summed E-state index contributed by atoms with van der Waals surface area (Å²) in [7, 11) is -2.54. The number of nitrogens with zero attached hydrogens (tertiary/aromatic N) is 3. The number of carbonyl (C=O) groups is 2. The monoisotopic (exact) mass is 520 g/mol. The molecule has 2 heterocycles. The van der Waals surface area contributed by atoms with Crippen LogP contribution in [0.25, 0.3) is 10.8 Å². The number of ether oxygens (including phenoxy) is 1. The Labute approximate surface area is 210 Å². The van der Waals surface area contributed by atoms with Gasteiger partial charge >= 0.3 is 5.97 Å². The Morgan fingerprint density at radius 2 is 1.74 bits per heavy atom. The van der Waals surface area contributed by atoms with Crippen LogP contribution in [0, 0.1) is 10.8 Å². The highest BCUT2D eigenvalue weighted by Gasteiger charge is 2.46. The molecule has 9 nitrogen and oxygen atoms in total. The molecule has 11 heteroatoms. The summed E-state index contributed by atoms with van der Waals surface area (Å²) in [6, 6.07) is 10.0. The van der Waals surface area contributed by atoms with E-state index in [-0.39, 0.29) is 43.0 Å². The predicted molar refractivity (Wildman–Crippen MR) is 133 cm³/mol. The van der Waals surface area contributed by atoms with Crippen molar-refractivity contribution in [2.45, 2.75) is 24.7 Å². The summed E-state index contributed by atoms with van der Waals surface area (Å²) < 4.78 is 32.8. The predicted octanol–water partition coefficient (Wildman–Crippen LogP) is 2.58. The first kappa shape index (κ1) is 25.4. The summed E-state index contributed by atoms with van der Waals surface area (Å²) in [4.78, 5) is 29.4. The minimum absolute atomic E-state index is 0.119. The number of methoxy groups -OCH3 is 1. The van der Waals surface area contributed by atoms with E-state index in [4.69, 9.17) is 21.7 Å². The van der Waals surface area contributed by atoms with Gasteiger partial charge in [-0.25, -0.2) is 8.42 Å². The number of amidine groups is 1. The van der Waals surface area contributed by atoms with Gasteiger partial charge in [-0.2, -0.15) is 4.31 Å². The van der Waals surface area contributed by atoms with Gasteiger partial charge < -0.3 is 14.5 Å². The topological polar surface area (TPSA) is 111 Å². The maximum absolute atomic E-state index is 13.3. The highest BCUT2D eigenvalue weighted by molar-refractivity contribution is 7.89. The second-order valence-electron chi connectivity index (χ2n) is 9.15. The number of fused-ring (bicyclic) bond motifs is 1. The zero-order chi connectivity index (χ0) is 25.4. The molecule has 1 N–H and O–H groups in total. The Morgan fingerprint density at radius 3 is 2.37 bits per heavy atom. The smallest absolute Gasteiger partial charge is 0.313 e. The Morgan fingerprint density at radius 1 is 1.09 bits per heavy atom. The van der Waals surface area contributed by atoms with Crippen molar-refractivity contribution in [3.05, 3.63) is 41.4 Å². The Balaban J connectivity index is 1.48. The number of amides is 1. The maximum atomic E-state index is 13.3. The van der Waals surface area contributed by atoms with E-state index in [9.17, 15) is 18.0 Å². The lowest BCUT2D eigenvalue weighted by atomic mass is 9.77. The van der Waals surface area contributed by atoms with E-state index in [1.165, 1.54) is 17.5 Å². The van der Waals surface area contributed by atoms with E-state index < -0.39 is 15.4 Å². The molecule has 2 aromatic carbocycles. The van der Waals surface area contributed by atoms with Gasteiger partial charge in [0.2, 0.25) is 15.9 Å². The molecular weight excluding hydrogens is 492 g/mol. The number of sulfonamides is 1. The molecule has 0 unspecified atom stereocenters. The van der Waals surface area contributed by atoms with Crippen LogP contribution in [0.4, 0.5) is 0 Å². The Bertz CT molecular complexity index is 1270. The zero-order valence-electron chi connectivity index (χ0n) is 19.8. The standard InChI is InChI=1S/C24H29ClN4O5S/c1-17(26)27-9-7-24(8-10-27,23(31)34-2)16-28-11-12-29(15-22(28)30)35(32,33)21-6-4-18-13-20(25)5-3-19(18)14-21/h3-6,13-14,26H,7-12,15-16H2,1-2H3. The van der Waals surface area contributed by atoms with Crippen LogP contribution >= 0.6 is 11.6 Å². The molecule has 4 rings (SSSR count). The summed E-state index contributed by atoms with van der Waals surface area (Å²) in [6.45, 7) is 2.97. The molecule has 2 fully saturated rings. The van der Waals surface area contributed by atoms with Gasteiger partial charge in [0, 0.05) is 37.7 Å². The van der Waals surface area contributed by atoms with Gasteiger partial charge in [0.1, 0.15) is 0 Å². The number of carbonyl (C=O) groups excluding carboxylic acids is 2. The number of likely N-dealkylation sites (tertiary alicyclic amines) is 1. The quantitative estimate of drug-likeness (QED) is 0.368. The third-order valence-corrected chi connectivity index (χ3v) is 9.08. The van der Waals surface area contributed by atoms with Crippen LogP contribution in [0.15, 0.2) is 41.3 Å². The summed E-state index contributed by atoms with van der Waals surface area (Å²) in [5, 5.41) is 9.98. The molecule has 0 spiro atoms. The first-order valence-electron chi connectivity index (χ1n) is 11.4. The molecule has 0 aliphatic carbocycles. The third-order valence-electron chi connectivity index (χ3n) is 7.00. The van der Waals surface area contributed by atoms with E-state index in [1.54, 1.807) is 42.2 Å². The van der Waals surface area contributed by atoms with Crippen molar-refractivity contribution in [1.82, 2.24) is 14.1 Å². The first-order chi connectivity index (χ1) is 16.6. The van der Waals surface area contributed by atoms with E-state index in [1.807, 2.05) is 4.90 Å². The van der Waals surface area contributed by atoms with Crippen molar-refractivity contribution < 1.29 is 22.7 Å². The van der Waals surface area contributed by atoms with E-state index >= 15 is 0 Å². The zero-order valence-corrected chi connectivity index (χ0v) is 21.4. The van der Waals surface area contributed by atoms with Gasteiger partial charge in [0.25, 0.3) is 0 Å². The maximum Gasteiger partial charge on any atom is 0.313 e. The molecule has 1 amide bonds. The molecule has 2 aliphatic rings. The number of hydrogen-bond donors (Lipinski definition) is 1. The summed E-state index contributed by atoms with van der Waals surface area (Å²) in [6.07, 6.45) is 0.922. The molecule has 0 saturated carbocycles. The second-order valence-corrected chi connectivity index (χ2v) is 11.5. The van der Waals surface area contributed by atoms with Crippen LogP contribution in [0.5, 0.6) is 0 Å². The van der Waals surface area contributed by atoms with Crippen LogP contribution in [-0.2, 0) is 24.3 Å². The van der Waals surface area contributed by atoms with Gasteiger partial charge in [0.15, 0.2) is 0 Å². The van der Waals surface area contributed by atoms with Gasteiger partial charge in [-0.1, -0.05) is 23.7 Å². The van der Waals surface area contributed by atoms with Gasteiger partial charge in [-0.15, -0.1) is 0 Å². The van der Waals surface area contributed by atoms with Crippen molar-refractivity contribution in [3.63, 3.8) is 0 Å². The van der Waals surface area contributed by atoms with Crippen molar-refractivity contribution in [2.24, 2.45) is 5.41 Å². The first-order valence-corrected chi connectivity index (χ1v) is 13.2.